The van der Waals surface area contributed by atoms with Gasteiger partial charge >= 0.3 is 0 Å². The molecule has 2 N–H and O–H groups in total. The number of carbonyl (C=O) groups excluding carboxylic acids is 1. The lowest BCUT2D eigenvalue weighted by molar-refractivity contribution is -0.114. The summed E-state index contributed by atoms with van der Waals surface area (Å²) in [6, 6.07) is 7.66. The van der Waals surface area contributed by atoms with Crippen molar-refractivity contribution in [2.75, 3.05) is 0 Å². The van der Waals surface area contributed by atoms with Gasteiger partial charge in [-0.25, -0.2) is 0 Å². The molecule has 0 saturated carbocycles. The third-order valence-corrected chi connectivity index (χ3v) is 2.48. The minimum absolute atomic E-state index is 0.0249. The van der Waals surface area contributed by atoms with Crippen LogP contribution in [0.5, 0.6) is 0 Å². The number of hydrogen-bond donors (Lipinski definition) is 1. The number of carbonyl (C=O) groups is 1. The summed E-state index contributed by atoms with van der Waals surface area (Å²) >= 11 is 3.39. The molecule has 0 saturated heterocycles. The molecule has 0 spiro atoms. The molecular weight excluding hydrogens is 242 g/mol. The molecule has 0 fully saturated rings. The maximum atomic E-state index is 11.4. The van der Waals surface area contributed by atoms with Gasteiger partial charge in [-0.3, -0.25) is 4.79 Å². The fourth-order valence-corrected chi connectivity index (χ4v) is 1.56. The van der Waals surface area contributed by atoms with Gasteiger partial charge in [-0.2, -0.15) is 0 Å². The lowest BCUT2D eigenvalue weighted by Crippen LogP contribution is -2.03. The second-order valence-corrected chi connectivity index (χ2v) is 3.98. The quantitative estimate of drug-likeness (QED) is 0.842. The summed E-state index contributed by atoms with van der Waals surface area (Å²) in [7, 11) is 0. The third kappa shape index (κ3) is 3.34. The molecule has 0 unspecified atom stereocenters. The largest absolute Gasteiger partial charge is 0.402 e. The van der Waals surface area contributed by atoms with E-state index in [9.17, 15) is 4.79 Å². The second kappa shape index (κ2) is 4.96. The maximum Gasteiger partial charge on any atom is 0.161 e. The van der Waals surface area contributed by atoms with Crippen LogP contribution in [-0.4, -0.2) is 5.78 Å². The van der Waals surface area contributed by atoms with Crippen LogP contribution in [-0.2, 0) is 11.2 Å². The van der Waals surface area contributed by atoms with Crippen LogP contribution >= 0.6 is 15.9 Å². The summed E-state index contributed by atoms with van der Waals surface area (Å²) in [5.41, 5.74) is 6.94. The average molecular weight is 254 g/mol. The molecular formula is C11H12BrNO. The topological polar surface area (TPSA) is 43.1 Å². The Balaban J connectivity index is 2.75. The minimum atomic E-state index is 0.0249. The van der Waals surface area contributed by atoms with E-state index < -0.39 is 0 Å². The summed E-state index contributed by atoms with van der Waals surface area (Å²) in [5.74, 6) is 0.0249. The van der Waals surface area contributed by atoms with Gasteiger partial charge in [0.15, 0.2) is 5.78 Å². The zero-order valence-corrected chi connectivity index (χ0v) is 9.54. The van der Waals surface area contributed by atoms with E-state index in [-0.39, 0.29) is 5.78 Å². The standard InChI is InChI=1S/C11H12BrNO/c1-8(13)6-10(14)7-9-4-2-3-5-11(9)12/h2-6H,7,13H2,1H3/b8-6-. The Morgan fingerprint density at radius 1 is 1.50 bits per heavy atom. The van der Waals surface area contributed by atoms with E-state index in [2.05, 4.69) is 15.9 Å². The molecule has 0 heterocycles. The fraction of sp³-hybridized carbons (Fsp3) is 0.182. The maximum absolute atomic E-state index is 11.4. The fourth-order valence-electron chi connectivity index (χ4n) is 1.13. The Kier molecular flexibility index (Phi) is 3.89. The molecule has 0 aliphatic heterocycles. The van der Waals surface area contributed by atoms with E-state index in [0.29, 0.717) is 12.1 Å². The highest BCUT2D eigenvalue weighted by atomic mass is 79.9. The molecule has 2 nitrogen and oxygen atoms in total. The van der Waals surface area contributed by atoms with Crippen LogP contribution in [0.3, 0.4) is 0 Å². The van der Waals surface area contributed by atoms with Gasteiger partial charge in [0.05, 0.1) is 0 Å². The summed E-state index contributed by atoms with van der Waals surface area (Å²) in [6.07, 6.45) is 1.84. The van der Waals surface area contributed by atoms with E-state index in [1.807, 2.05) is 24.3 Å². The molecule has 14 heavy (non-hydrogen) atoms. The van der Waals surface area contributed by atoms with Crippen LogP contribution in [0.2, 0.25) is 0 Å². The van der Waals surface area contributed by atoms with Gasteiger partial charge in [-0.05, 0) is 24.6 Å². The number of nitrogens with two attached hydrogens (primary N) is 1. The summed E-state index contributed by atoms with van der Waals surface area (Å²) in [5, 5.41) is 0. The van der Waals surface area contributed by atoms with Gasteiger partial charge in [0, 0.05) is 16.6 Å². The van der Waals surface area contributed by atoms with Crippen molar-refractivity contribution in [3.63, 3.8) is 0 Å². The van der Waals surface area contributed by atoms with Crippen LogP contribution in [0.4, 0.5) is 0 Å². The van der Waals surface area contributed by atoms with Crippen molar-refractivity contribution in [3.05, 3.63) is 46.1 Å². The first-order valence-electron chi connectivity index (χ1n) is 4.29. The number of hydrogen-bond acceptors (Lipinski definition) is 2. The van der Waals surface area contributed by atoms with Crippen LogP contribution < -0.4 is 5.73 Å². The Morgan fingerprint density at radius 3 is 2.71 bits per heavy atom. The molecule has 74 valence electrons. The summed E-state index contributed by atoms with van der Waals surface area (Å²) in [4.78, 5) is 11.4. The molecule has 0 bridgehead atoms. The molecule has 1 aromatic rings. The van der Waals surface area contributed by atoms with Crippen LogP contribution in [0, 0.1) is 0 Å². The highest BCUT2D eigenvalue weighted by molar-refractivity contribution is 9.10. The Bertz CT molecular complexity index is 367. The first-order valence-corrected chi connectivity index (χ1v) is 5.09. The molecule has 0 aliphatic carbocycles. The van der Waals surface area contributed by atoms with Crippen molar-refractivity contribution >= 4 is 21.7 Å². The number of benzene rings is 1. The number of rotatable bonds is 3. The first-order chi connectivity index (χ1) is 6.59. The van der Waals surface area contributed by atoms with E-state index in [4.69, 9.17) is 5.73 Å². The molecule has 0 amide bonds. The monoisotopic (exact) mass is 253 g/mol. The molecule has 1 aromatic carbocycles. The van der Waals surface area contributed by atoms with Gasteiger partial charge < -0.3 is 5.73 Å². The van der Waals surface area contributed by atoms with Crippen molar-refractivity contribution in [2.24, 2.45) is 5.73 Å². The predicted molar refractivity (Wildman–Crippen MR) is 60.8 cm³/mol. The zero-order chi connectivity index (χ0) is 10.6. The molecule has 0 radical (unpaired) electrons. The van der Waals surface area contributed by atoms with E-state index in [1.54, 1.807) is 6.92 Å². The van der Waals surface area contributed by atoms with Crippen LogP contribution in [0.15, 0.2) is 40.5 Å². The number of allylic oxidation sites excluding steroid dienone is 2. The van der Waals surface area contributed by atoms with Crippen LogP contribution in [0.25, 0.3) is 0 Å². The molecule has 1 rings (SSSR count). The molecule has 0 aromatic heterocycles. The minimum Gasteiger partial charge on any atom is -0.402 e. The smallest absolute Gasteiger partial charge is 0.161 e. The average Bonchev–Trinajstić information content (AvgIpc) is 2.07. The van der Waals surface area contributed by atoms with Crippen molar-refractivity contribution in [1.82, 2.24) is 0 Å². The molecule has 0 aliphatic rings. The Hall–Kier alpha value is -1.09. The summed E-state index contributed by atoms with van der Waals surface area (Å²) in [6.45, 7) is 1.71. The van der Waals surface area contributed by atoms with Crippen molar-refractivity contribution in [3.8, 4) is 0 Å². The molecule has 0 atom stereocenters. The summed E-state index contributed by atoms with van der Waals surface area (Å²) < 4.78 is 0.955. The lowest BCUT2D eigenvalue weighted by Gasteiger charge is -2.00. The normalized spacial score (nSPS) is 11.4. The lowest BCUT2D eigenvalue weighted by atomic mass is 10.1. The van der Waals surface area contributed by atoms with Crippen molar-refractivity contribution in [1.29, 1.82) is 0 Å². The highest BCUT2D eigenvalue weighted by Crippen LogP contribution is 2.16. The van der Waals surface area contributed by atoms with Crippen molar-refractivity contribution in [2.45, 2.75) is 13.3 Å². The molecule has 3 heteroatoms. The Morgan fingerprint density at radius 2 is 2.14 bits per heavy atom. The second-order valence-electron chi connectivity index (χ2n) is 3.12. The SMILES string of the molecule is C/C(N)=C/C(=O)Cc1ccccc1Br. The predicted octanol–water partition coefficient (Wildman–Crippen LogP) is 2.42. The van der Waals surface area contributed by atoms with Gasteiger partial charge in [0.2, 0.25) is 0 Å². The first kappa shape index (κ1) is 11.0. The highest BCUT2D eigenvalue weighted by Gasteiger charge is 2.03. The van der Waals surface area contributed by atoms with Gasteiger partial charge in [0.25, 0.3) is 0 Å². The number of ketones is 1. The van der Waals surface area contributed by atoms with E-state index in [1.165, 1.54) is 6.08 Å². The van der Waals surface area contributed by atoms with Crippen molar-refractivity contribution < 1.29 is 4.79 Å². The van der Waals surface area contributed by atoms with Crippen LogP contribution in [0.1, 0.15) is 12.5 Å². The zero-order valence-electron chi connectivity index (χ0n) is 7.96. The van der Waals surface area contributed by atoms with E-state index in [0.717, 1.165) is 10.0 Å². The van der Waals surface area contributed by atoms with Gasteiger partial charge in [-0.15, -0.1) is 0 Å². The Labute approximate surface area is 91.9 Å². The van der Waals surface area contributed by atoms with Gasteiger partial charge in [0.1, 0.15) is 0 Å². The van der Waals surface area contributed by atoms with Gasteiger partial charge in [-0.1, -0.05) is 34.1 Å². The number of halogens is 1. The van der Waals surface area contributed by atoms with E-state index >= 15 is 0 Å². The third-order valence-electron chi connectivity index (χ3n) is 1.71.